The van der Waals surface area contributed by atoms with Gasteiger partial charge in [0.05, 0.1) is 5.56 Å². The second-order valence-corrected chi connectivity index (χ2v) is 7.84. The Morgan fingerprint density at radius 1 is 1.00 bits per heavy atom. The molecular weight excluding hydrogens is 426 g/mol. The van der Waals surface area contributed by atoms with Crippen molar-refractivity contribution >= 4 is 29.5 Å². The summed E-state index contributed by atoms with van der Waals surface area (Å²) in [6.45, 7) is 1.71. The van der Waals surface area contributed by atoms with Crippen LogP contribution in [0.2, 0.25) is 0 Å². The maximum atomic E-state index is 13.1. The van der Waals surface area contributed by atoms with E-state index in [4.69, 9.17) is 9.26 Å². The van der Waals surface area contributed by atoms with E-state index in [0.717, 1.165) is 4.90 Å². The predicted octanol–water partition coefficient (Wildman–Crippen LogP) is 5.07. The van der Waals surface area contributed by atoms with Gasteiger partial charge in [0.1, 0.15) is 10.8 Å². The van der Waals surface area contributed by atoms with Crippen molar-refractivity contribution in [2.45, 2.75) is 22.9 Å². The summed E-state index contributed by atoms with van der Waals surface area (Å²) in [7, 11) is 0. The molecule has 1 N–H and O–H groups in total. The lowest BCUT2D eigenvalue weighted by Gasteiger charge is -2.18. The van der Waals surface area contributed by atoms with Crippen LogP contribution >= 0.6 is 11.8 Å². The van der Waals surface area contributed by atoms with Gasteiger partial charge in [0.2, 0.25) is 6.10 Å². The second kappa shape index (κ2) is 9.93. The minimum absolute atomic E-state index is 0.242. The maximum absolute atomic E-state index is 13.1. The quantitative estimate of drug-likeness (QED) is 0.397. The number of carbonyl (C=O) groups is 2. The molecule has 1 atom stereocenters. The summed E-state index contributed by atoms with van der Waals surface area (Å²) in [5.74, 6) is -0.409. The number of amides is 1. The minimum Gasteiger partial charge on any atom is -0.444 e. The van der Waals surface area contributed by atoms with Crippen molar-refractivity contribution in [2.75, 3.05) is 5.32 Å². The third-order valence-corrected chi connectivity index (χ3v) is 5.42. The highest BCUT2D eigenvalue weighted by Gasteiger charge is 2.28. The molecule has 2 aromatic heterocycles. The number of hydrogen-bond acceptors (Lipinski definition) is 7. The van der Waals surface area contributed by atoms with Gasteiger partial charge in [0.15, 0.2) is 5.82 Å². The number of carbonyl (C=O) groups excluding carboxylic acids is 2. The van der Waals surface area contributed by atoms with Crippen LogP contribution in [-0.4, -0.2) is 22.0 Å². The van der Waals surface area contributed by atoms with Crippen LogP contribution in [-0.2, 0) is 9.53 Å². The first-order valence-corrected chi connectivity index (χ1v) is 10.6. The van der Waals surface area contributed by atoms with Gasteiger partial charge >= 0.3 is 5.97 Å². The van der Waals surface area contributed by atoms with E-state index < -0.39 is 18.0 Å². The highest BCUT2D eigenvalue weighted by atomic mass is 32.2. The zero-order chi connectivity index (χ0) is 22.3. The topological polar surface area (TPSA) is 94.3 Å². The van der Waals surface area contributed by atoms with Crippen molar-refractivity contribution in [3.63, 3.8) is 0 Å². The lowest BCUT2D eigenvalue weighted by Crippen LogP contribution is -2.26. The standard InChI is InChI=1S/C24H19N3O4S/c1-16-15-20(27-31-16)26-22(28)21(17-9-4-2-5-10-17)30-24(29)19-13-8-14-25-23(19)32-18-11-6-3-7-12-18/h2-15,21H,1H3,(H,26,27,28). The van der Waals surface area contributed by atoms with Crippen LogP contribution in [0.1, 0.15) is 27.8 Å². The highest BCUT2D eigenvalue weighted by molar-refractivity contribution is 7.99. The van der Waals surface area contributed by atoms with Crippen LogP contribution in [0.4, 0.5) is 5.82 Å². The number of anilines is 1. The molecule has 4 aromatic rings. The van der Waals surface area contributed by atoms with Crippen LogP contribution in [0.25, 0.3) is 0 Å². The van der Waals surface area contributed by atoms with E-state index >= 15 is 0 Å². The van der Waals surface area contributed by atoms with Crippen molar-refractivity contribution in [1.82, 2.24) is 10.1 Å². The molecule has 0 fully saturated rings. The van der Waals surface area contributed by atoms with Crippen LogP contribution in [0.15, 0.2) is 99.5 Å². The summed E-state index contributed by atoms with van der Waals surface area (Å²) in [4.78, 5) is 31.3. The van der Waals surface area contributed by atoms with Crippen LogP contribution in [0, 0.1) is 6.92 Å². The van der Waals surface area contributed by atoms with Gasteiger partial charge in [-0.3, -0.25) is 4.79 Å². The zero-order valence-electron chi connectivity index (χ0n) is 17.1. The molecule has 2 heterocycles. The van der Waals surface area contributed by atoms with Gasteiger partial charge in [-0.05, 0) is 31.2 Å². The first-order valence-electron chi connectivity index (χ1n) is 9.78. The molecule has 8 heteroatoms. The molecule has 32 heavy (non-hydrogen) atoms. The third-order valence-electron chi connectivity index (χ3n) is 4.39. The number of aryl methyl sites for hydroxylation is 1. The SMILES string of the molecule is Cc1cc(NC(=O)C(OC(=O)c2cccnc2Sc2ccccc2)c2ccccc2)no1. The van der Waals surface area contributed by atoms with Crippen molar-refractivity contribution < 1.29 is 18.8 Å². The second-order valence-electron chi connectivity index (χ2n) is 6.78. The minimum atomic E-state index is -1.18. The van der Waals surface area contributed by atoms with Gasteiger partial charge in [-0.15, -0.1) is 0 Å². The lowest BCUT2D eigenvalue weighted by molar-refractivity contribution is -0.125. The number of aromatic nitrogens is 2. The Bertz CT molecular complexity index is 1210. The molecule has 7 nitrogen and oxygen atoms in total. The fourth-order valence-electron chi connectivity index (χ4n) is 2.92. The van der Waals surface area contributed by atoms with Gasteiger partial charge in [0.25, 0.3) is 5.91 Å². The average Bonchev–Trinajstić information content (AvgIpc) is 3.23. The number of esters is 1. The van der Waals surface area contributed by atoms with Crippen molar-refractivity contribution in [3.8, 4) is 0 Å². The zero-order valence-corrected chi connectivity index (χ0v) is 17.9. The smallest absolute Gasteiger partial charge is 0.342 e. The molecule has 1 amide bonds. The molecule has 0 bridgehead atoms. The molecule has 0 radical (unpaired) electrons. The van der Waals surface area contributed by atoms with E-state index in [9.17, 15) is 9.59 Å². The molecule has 0 saturated carbocycles. The van der Waals surface area contributed by atoms with E-state index in [1.54, 1.807) is 55.6 Å². The fraction of sp³-hybridized carbons (Fsp3) is 0.0833. The molecule has 2 aromatic carbocycles. The van der Waals surface area contributed by atoms with Gasteiger partial charge in [-0.1, -0.05) is 65.4 Å². The average molecular weight is 446 g/mol. The van der Waals surface area contributed by atoms with E-state index in [-0.39, 0.29) is 11.4 Å². The summed E-state index contributed by atoms with van der Waals surface area (Å²) < 4.78 is 10.7. The Balaban J connectivity index is 1.58. The number of nitrogens with zero attached hydrogens (tertiary/aromatic N) is 2. The molecule has 4 rings (SSSR count). The summed E-state index contributed by atoms with van der Waals surface area (Å²) in [5, 5.41) is 6.89. The summed E-state index contributed by atoms with van der Waals surface area (Å²) in [6.07, 6.45) is 0.423. The number of rotatable bonds is 7. The first-order chi connectivity index (χ1) is 15.6. The Morgan fingerprint density at radius 2 is 1.72 bits per heavy atom. The van der Waals surface area contributed by atoms with Crippen molar-refractivity contribution in [3.05, 3.63) is 102 Å². The van der Waals surface area contributed by atoms with Gasteiger partial charge in [-0.2, -0.15) is 0 Å². The maximum Gasteiger partial charge on any atom is 0.342 e. The molecular formula is C24H19N3O4S. The largest absolute Gasteiger partial charge is 0.444 e. The first kappa shape index (κ1) is 21.3. The Morgan fingerprint density at radius 3 is 2.41 bits per heavy atom. The number of ether oxygens (including phenoxy) is 1. The Hall–Kier alpha value is -3.91. The lowest BCUT2D eigenvalue weighted by atomic mass is 10.1. The molecule has 0 aliphatic rings. The van der Waals surface area contributed by atoms with E-state index in [0.29, 0.717) is 16.3 Å². The number of benzene rings is 2. The van der Waals surface area contributed by atoms with Crippen molar-refractivity contribution in [1.29, 1.82) is 0 Å². The van der Waals surface area contributed by atoms with Gasteiger partial charge in [0, 0.05) is 22.7 Å². The molecule has 160 valence electrons. The number of hydrogen-bond donors (Lipinski definition) is 1. The van der Waals surface area contributed by atoms with Gasteiger partial charge < -0.3 is 14.6 Å². The molecule has 0 spiro atoms. The molecule has 0 saturated heterocycles. The molecule has 0 aliphatic carbocycles. The normalized spacial score (nSPS) is 11.5. The summed E-state index contributed by atoms with van der Waals surface area (Å²) in [5.41, 5.74) is 0.798. The van der Waals surface area contributed by atoms with E-state index in [2.05, 4.69) is 15.5 Å². The van der Waals surface area contributed by atoms with Gasteiger partial charge in [-0.25, -0.2) is 9.78 Å². The number of nitrogens with one attached hydrogen (secondary N) is 1. The van der Waals surface area contributed by atoms with E-state index in [1.807, 2.05) is 36.4 Å². The predicted molar refractivity (Wildman–Crippen MR) is 119 cm³/mol. The molecule has 0 aliphatic heterocycles. The van der Waals surface area contributed by atoms with Crippen LogP contribution in [0.5, 0.6) is 0 Å². The molecule has 1 unspecified atom stereocenters. The fourth-order valence-corrected chi connectivity index (χ4v) is 3.81. The Kier molecular flexibility index (Phi) is 6.62. The number of pyridine rings is 1. The highest BCUT2D eigenvalue weighted by Crippen LogP contribution is 2.30. The summed E-state index contributed by atoms with van der Waals surface area (Å²) >= 11 is 1.34. The van der Waals surface area contributed by atoms with Crippen LogP contribution in [0.3, 0.4) is 0 Å². The van der Waals surface area contributed by atoms with E-state index in [1.165, 1.54) is 11.8 Å². The Labute approximate surface area is 188 Å². The van der Waals surface area contributed by atoms with Crippen LogP contribution < -0.4 is 5.32 Å². The third kappa shape index (κ3) is 5.22. The monoisotopic (exact) mass is 445 g/mol. The summed E-state index contributed by atoms with van der Waals surface area (Å²) in [6, 6.07) is 23.2. The van der Waals surface area contributed by atoms with Crippen molar-refractivity contribution in [2.24, 2.45) is 0 Å².